The molecule has 0 fully saturated rings. The van der Waals surface area contributed by atoms with Gasteiger partial charge in [0.15, 0.2) is 0 Å². The first-order chi connectivity index (χ1) is 10.2. The minimum Gasteiger partial charge on any atom is -0.497 e. The van der Waals surface area contributed by atoms with E-state index in [1.54, 1.807) is 19.2 Å². The van der Waals surface area contributed by atoms with Crippen LogP contribution in [0.5, 0.6) is 5.75 Å². The van der Waals surface area contributed by atoms with Gasteiger partial charge in [0.25, 0.3) is 5.69 Å². The second-order valence-corrected chi connectivity index (χ2v) is 5.05. The van der Waals surface area contributed by atoms with Crippen LogP contribution < -0.4 is 9.64 Å². The molecule has 0 saturated heterocycles. The van der Waals surface area contributed by atoms with E-state index in [4.69, 9.17) is 4.74 Å². The Morgan fingerprint density at radius 3 is 2.67 bits per heavy atom. The first kappa shape index (κ1) is 13.4. The lowest BCUT2D eigenvalue weighted by Crippen LogP contribution is -2.30. The smallest absolute Gasteiger partial charge is 0.292 e. The van der Waals surface area contributed by atoms with Gasteiger partial charge in [0.2, 0.25) is 0 Å². The standard InChI is InChI=1S/C16H16N2O3/c1-21-14-6-7-15(18(19)20)16(10-14)17-9-8-12-4-2-3-5-13(12)11-17/h2-7,10H,8-9,11H2,1H3. The molecule has 3 rings (SSSR count). The minimum absolute atomic E-state index is 0.121. The Balaban J connectivity index is 1.99. The second kappa shape index (κ2) is 5.44. The fraction of sp³-hybridized carbons (Fsp3) is 0.250. The normalized spacial score (nSPS) is 13.7. The highest BCUT2D eigenvalue weighted by Gasteiger charge is 2.23. The summed E-state index contributed by atoms with van der Waals surface area (Å²) in [6, 6.07) is 13.1. The third-order valence-corrected chi connectivity index (χ3v) is 3.85. The van der Waals surface area contributed by atoms with Crippen molar-refractivity contribution in [1.82, 2.24) is 0 Å². The number of fused-ring (bicyclic) bond motifs is 1. The fourth-order valence-corrected chi connectivity index (χ4v) is 2.74. The third-order valence-electron chi connectivity index (χ3n) is 3.85. The van der Waals surface area contributed by atoms with Crippen LogP contribution in [0.25, 0.3) is 0 Å². The molecule has 2 aromatic carbocycles. The molecule has 5 nitrogen and oxygen atoms in total. The van der Waals surface area contributed by atoms with Crippen molar-refractivity contribution in [3.63, 3.8) is 0 Å². The van der Waals surface area contributed by atoms with E-state index in [1.165, 1.54) is 17.2 Å². The SMILES string of the molecule is COc1ccc([N+](=O)[O-])c(N2CCc3ccccc3C2)c1. The second-order valence-electron chi connectivity index (χ2n) is 5.05. The van der Waals surface area contributed by atoms with Crippen molar-refractivity contribution in [2.45, 2.75) is 13.0 Å². The third kappa shape index (κ3) is 2.54. The molecular weight excluding hydrogens is 268 g/mol. The maximum atomic E-state index is 11.2. The molecule has 0 bridgehead atoms. The van der Waals surface area contributed by atoms with Crippen molar-refractivity contribution in [2.24, 2.45) is 0 Å². The summed E-state index contributed by atoms with van der Waals surface area (Å²) in [6.45, 7) is 1.45. The zero-order valence-electron chi connectivity index (χ0n) is 11.8. The van der Waals surface area contributed by atoms with Gasteiger partial charge in [-0.1, -0.05) is 24.3 Å². The van der Waals surface area contributed by atoms with Crippen LogP contribution in [0.4, 0.5) is 11.4 Å². The van der Waals surface area contributed by atoms with Crippen LogP contribution in [0.15, 0.2) is 42.5 Å². The predicted molar refractivity (Wildman–Crippen MR) is 80.8 cm³/mol. The van der Waals surface area contributed by atoms with Crippen LogP contribution in [0.1, 0.15) is 11.1 Å². The number of ether oxygens (including phenoxy) is 1. The summed E-state index contributed by atoms with van der Waals surface area (Å²) in [5.74, 6) is 0.634. The van der Waals surface area contributed by atoms with Crippen molar-refractivity contribution in [1.29, 1.82) is 0 Å². The monoisotopic (exact) mass is 284 g/mol. The van der Waals surface area contributed by atoms with E-state index < -0.39 is 0 Å². The van der Waals surface area contributed by atoms with E-state index in [0.717, 1.165) is 13.0 Å². The summed E-state index contributed by atoms with van der Waals surface area (Å²) < 4.78 is 5.20. The van der Waals surface area contributed by atoms with Gasteiger partial charge in [0, 0.05) is 25.2 Å². The van der Waals surface area contributed by atoms with E-state index in [-0.39, 0.29) is 10.6 Å². The van der Waals surface area contributed by atoms with E-state index >= 15 is 0 Å². The number of nitro groups is 1. The lowest BCUT2D eigenvalue weighted by Gasteiger charge is -2.30. The van der Waals surface area contributed by atoms with Crippen LogP contribution in [0.2, 0.25) is 0 Å². The molecule has 21 heavy (non-hydrogen) atoms. The van der Waals surface area contributed by atoms with Crippen molar-refractivity contribution >= 4 is 11.4 Å². The molecule has 0 radical (unpaired) electrons. The van der Waals surface area contributed by atoms with Gasteiger partial charge >= 0.3 is 0 Å². The number of rotatable bonds is 3. The topological polar surface area (TPSA) is 55.6 Å². The molecule has 0 aromatic heterocycles. The quantitative estimate of drug-likeness (QED) is 0.641. The Kier molecular flexibility index (Phi) is 3.48. The summed E-state index contributed by atoms with van der Waals surface area (Å²) in [7, 11) is 1.57. The summed E-state index contributed by atoms with van der Waals surface area (Å²) >= 11 is 0. The lowest BCUT2D eigenvalue weighted by molar-refractivity contribution is -0.384. The number of methoxy groups -OCH3 is 1. The predicted octanol–water partition coefficient (Wildman–Crippen LogP) is 3.17. The number of hydrogen-bond donors (Lipinski definition) is 0. The van der Waals surface area contributed by atoms with Gasteiger partial charge in [-0.05, 0) is 23.6 Å². The van der Waals surface area contributed by atoms with Gasteiger partial charge in [-0.2, -0.15) is 0 Å². The van der Waals surface area contributed by atoms with E-state index in [0.29, 0.717) is 18.0 Å². The number of nitrogens with zero attached hydrogens (tertiary/aromatic N) is 2. The van der Waals surface area contributed by atoms with Gasteiger partial charge < -0.3 is 9.64 Å². The molecule has 0 saturated carbocycles. The molecule has 2 aromatic rings. The average molecular weight is 284 g/mol. The van der Waals surface area contributed by atoms with Crippen LogP contribution in [0, 0.1) is 10.1 Å². The first-order valence-corrected chi connectivity index (χ1v) is 6.83. The molecule has 1 heterocycles. The molecule has 0 N–H and O–H groups in total. The molecule has 0 unspecified atom stereocenters. The van der Waals surface area contributed by atoms with Crippen molar-refractivity contribution < 1.29 is 9.66 Å². The maximum Gasteiger partial charge on any atom is 0.292 e. The van der Waals surface area contributed by atoms with Crippen LogP contribution >= 0.6 is 0 Å². The Hall–Kier alpha value is -2.56. The van der Waals surface area contributed by atoms with Crippen LogP contribution in [-0.2, 0) is 13.0 Å². The van der Waals surface area contributed by atoms with Gasteiger partial charge in [0.05, 0.1) is 12.0 Å². The summed E-state index contributed by atoms with van der Waals surface area (Å²) in [5, 5.41) is 11.2. The summed E-state index contributed by atoms with van der Waals surface area (Å²) in [5.41, 5.74) is 3.28. The fourth-order valence-electron chi connectivity index (χ4n) is 2.74. The Labute approximate surface area is 122 Å². The molecule has 108 valence electrons. The van der Waals surface area contributed by atoms with Crippen molar-refractivity contribution in [2.75, 3.05) is 18.6 Å². The van der Waals surface area contributed by atoms with Gasteiger partial charge in [0.1, 0.15) is 11.4 Å². The Morgan fingerprint density at radius 2 is 1.95 bits per heavy atom. The van der Waals surface area contributed by atoms with Crippen molar-refractivity contribution in [3.8, 4) is 5.75 Å². The van der Waals surface area contributed by atoms with E-state index in [9.17, 15) is 10.1 Å². The molecule has 0 atom stereocenters. The summed E-state index contributed by atoms with van der Waals surface area (Å²) in [6.07, 6.45) is 0.893. The molecule has 0 spiro atoms. The first-order valence-electron chi connectivity index (χ1n) is 6.83. The highest BCUT2D eigenvalue weighted by molar-refractivity contribution is 5.66. The molecule has 1 aliphatic heterocycles. The Bertz CT molecular complexity index is 685. The number of nitro benzene ring substituents is 1. The maximum absolute atomic E-state index is 11.2. The minimum atomic E-state index is -0.338. The average Bonchev–Trinajstić information content (AvgIpc) is 2.53. The van der Waals surface area contributed by atoms with Crippen LogP contribution in [-0.4, -0.2) is 18.6 Å². The molecule has 1 aliphatic rings. The van der Waals surface area contributed by atoms with E-state index in [1.807, 2.05) is 17.0 Å². The van der Waals surface area contributed by atoms with Gasteiger partial charge in [-0.15, -0.1) is 0 Å². The largest absolute Gasteiger partial charge is 0.497 e. The van der Waals surface area contributed by atoms with Gasteiger partial charge in [-0.25, -0.2) is 0 Å². The molecule has 5 heteroatoms. The van der Waals surface area contributed by atoms with E-state index in [2.05, 4.69) is 12.1 Å². The molecule has 0 aliphatic carbocycles. The Morgan fingerprint density at radius 1 is 1.19 bits per heavy atom. The lowest BCUT2D eigenvalue weighted by atomic mass is 9.99. The number of benzene rings is 2. The van der Waals surface area contributed by atoms with Crippen molar-refractivity contribution in [3.05, 3.63) is 63.7 Å². The summed E-state index contributed by atoms with van der Waals surface area (Å²) in [4.78, 5) is 13.0. The number of anilines is 1. The zero-order valence-corrected chi connectivity index (χ0v) is 11.8. The van der Waals surface area contributed by atoms with Gasteiger partial charge in [-0.3, -0.25) is 10.1 Å². The number of hydrogen-bond acceptors (Lipinski definition) is 4. The molecular formula is C16H16N2O3. The highest BCUT2D eigenvalue weighted by Crippen LogP contribution is 2.34. The highest BCUT2D eigenvalue weighted by atomic mass is 16.6. The van der Waals surface area contributed by atoms with Crippen LogP contribution in [0.3, 0.4) is 0 Å². The zero-order chi connectivity index (χ0) is 14.8. The molecule has 0 amide bonds.